The quantitative estimate of drug-likeness (QED) is 0.0281. The van der Waals surface area contributed by atoms with Gasteiger partial charge in [-0.3, -0.25) is 72.3 Å². The summed E-state index contributed by atoms with van der Waals surface area (Å²) >= 11 is 2.19. The smallest absolute Gasteiger partial charge is 0.326 e. The van der Waals surface area contributed by atoms with Crippen LogP contribution < -0.4 is 42.5 Å². The number of carbonyl (C=O) groups is 14. The summed E-state index contributed by atoms with van der Waals surface area (Å²) < 4.78 is 1.04. The molecule has 0 unspecified atom stereocenters. The SMILES string of the molecule is O=C(O)CC[C@H](NC(=O)N[C@@H](CCCCNC(=O)[C@H](Cc1ccc2ccccc2c1)NC(=O)C1CCC(CNC(=O)[C@H](CCCCNC(=O)CN2CCN(CC(=O)O)CCN(CC(=O)O)CCN(CC(=O)O)CC2)NC(=O)[C@H](CCC(=O)O)NC(=O)CCCc2ccc(I)cc2)CC1)C(=O)O)C(=O)O. The number of amides is 8. The summed E-state index contributed by atoms with van der Waals surface area (Å²) in [6.45, 7) is 0.776. The molecule has 34 heteroatoms. The number of carboxylic acid groups (broad SMARTS) is 7. The van der Waals surface area contributed by atoms with Crippen LogP contribution in [0, 0.1) is 15.4 Å². The largest absolute Gasteiger partial charge is 0.481 e. The van der Waals surface area contributed by atoms with Gasteiger partial charge in [-0.15, -0.1) is 0 Å². The van der Waals surface area contributed by atoms with E-state index in [0.29, 0.717) is 44.9 Å². The summed E-state index contributed by atoms with van der Waals surface area (Å²) in [6, 6.07) is 13.3. The number of nitrogens with one attached hydrogen (secondary N) is 8. The third-order valence-corrected chi connectivity index (χ3v) is 18.8. The minimum Gasteiger partial charge on any atom is -0.481 e. The molecule has 1 saturated heterocycles. The Labute approximate surface area is 615 Å². The highest BCUT2D eigenvalue weighted by Crippen LogP contribution is 2.29. The molecular formula is C70H99IN12O21. The van der Waals surface area contributed by atoms with Crippen molar-refractivity contribution in [2.75, 3.05) is 98.2 Å². The molecule has 1 heterocycles. The maximum atomic E-state index is 14.3. The zero-order valence-electron chi connectivity index (χ0n) is 58.2. The average molecular weight is 1570 g/mol. The summed E-state index contributed by atoms with van der Waals surface area (Å²) in [4.78, 5) is 184. The van der Waals surface area contributed by atoms with Gasteiger partial charge >= 0.3 is 47.8 Å². The predicted octanol–water partition coefficient (Wildman–Crippen LogP) is 1.37. The van der Waals surface area contributed by atoms with E-state index in [1.807, 2.05) is 66.7 Å². The van der Waals surface area contributed by atoms with E-state index in [2.05, 4.69) is 65.1 Å². The van der Waals surface area contributed by atoms with Gasteiger partial charge in [-0.25, -0.2) is 14.4 Å². The molecular weight excluding hydrogens is 1470 g/mol. The average Bonchev–Trinajstić information content (AvgIpc) is 0.825. The van der Waals surface area contributed by atoms with E-state index < -0.39 is 133 Å². The summed E-state index contributed by atoms with van der Waals surface area (Å²) in [6.07, 6.45) is 2.03. The van der Waals surface area contributed by atoms with Crippen LogP contribution in [0.3, 0.4) is 0 Å². The molecule has 104 heavy (non-hydrogen) atoms. The fraction of sp³-hybridized carbons (Fsp3) is 0.571. The number of carbonyl (C=O) groups excluding carboxylic acids is 7. The Morgan fingerprint density at radius 3 is 1.41 bits per heavy atom. The molecule has 5 rings (SSSR count). The Hall–Kier alpha value is -9.13. The van der Waals surface area contributed by atoms with Crippen LogP contribution in [0.2, 0.25) is 0 Å². The lowest BCUT2D eigenvalue weighted by Crippen LogP contribution is -2.54. The van der Waals surface area contributed by atoms with Crippen LogP contribution >= 0.6 is 22.6 Å². The molecule has 1 saturated carbocycles. The van der Waals surface area contributed by atoms with E-state index in [1.165, 1.54) is 0 Å². The van der Waals surface area contributed by atoms with Crippen LogP contribution in [0.15, 0.2) is 66.7 Å². The Bertz CT molecular complexity index is 3360. The van der Waals surface area contributed by atoms with Crippen molar-refractivity contribution in [1.29, 1.82) is 0 Å². The van der Waals surface area contributed by atoms with Crippen LogP contribution in [0.1, 0.15) is 114 Å². The number of urea groups is 1. The first-order valence-electron chi connectivity index (χ1n) is 35.0. The van der Waals surface area contributed by atoms with Gasteiger partial charge in [0.1, 0.15) is 30.2 Å². The lowest BCUT2D eigenvalue weighted by molar-refractivity contribution is -0.141. The summed E-state index contributed by atoms with van der Waals surface area (Å²) in [7, 11) is 0. The van der Waals surface area contributed by atoms with Crippen molar-refractivity contribution < 1.29 is 103 Å². The fourth-order valence-electron chi connectivity index (χ4n) is 12.2. The first-order chi connectivity index (χ1) is 49.6. The van der Waals surface area contributed by atoms with Gasteiger partial charge in [0.05, 0.1) is 26.2 Å². The summed E-state index contributed by atoms with van der Waals surface area (Å²) in [5, 5.41) is 89.7. The number of aryl methyl sites for hydroxylation is 1. The van der Waals surface area contributed by atoms with Gasteiger partial charge in [0, 0.05) is 107 Å². The van der Waals surface area contributed by atoms with Crippen molar-refractivity contribution in [3.63, 3.8) is 0 Å². The number of hydrogen-bond acceptors (Lipinski definition) is 18. The molecule has 0 spiro atoms. The highest BCUT2D eigenvalue weighted by atomic mass is 127. The van der Waals surface area contributed by atoms with E-state index in [1.54, 1.807) is 19.6 Å². The minimum atomic E-state index is -1.59. The number of hydrogen-bond donors (Lipinski definition) is 15. The van der Waals surface area contributed by atoms with E-state index in [-0.39, 0.29) is 161 Å². The van der Waals surface area contributed by atoms with E-state index in [9.17, 15) is 97.8 Å². The van der Waals surface area contributed by atoms with Crippen molar-refractivity contribution in [3.05, 3.63) is 81.4 Å². The molecule has 1 aliphatic carbocycles. The third-order valence-electron chi connectivity index (χ3n) is 18.1. The van der Waals surface area contributed by atoms with Gasteiger partial charge in [-0.05, 0) is 152 Å². The first-order valence-corrected chi connectivity index (χ1v) is 36.1. The third kappa shape index (κ3) is 34.0. The Kier molecular flexibility index (Phi) is 37.7. The zero-order chi connectivity index (χ0) is 76.1. The summed E-state index contributed by atoms with van der Waals surface area (Å²) in [5.41, 5.74) is 1.75. The molecule has 33 nitrogen and oxygen atoms in total. The predicted molar refractivity (Wildman–Crippen MR) is 385 cm³/mol. The number of halogens is 1. The minimum absolute atomic E-state index is 0.0256. The zero-order valence-corrected chi connectivity index (χ0v) is 60.4. The number of carboxylic acids is 7. The molecule has 0 aromatic heterocycles. The number of nitrogens with zero attached hydrogens (tertiary/aromatic N) is 4. The second-order valence-corrected chi connectivity index (χ2v) is 27.5. The van der Waals surface area contributed by atoms with Crippen LogP contribution in [-0.2, 0) is 75.2 Å². The lowest BCUT2D eigenvalue weighted by Gasteiger charge is -2.32. The molecule has 3 aromatic carbocycles. The summed E-state index contributed by atoms with van der Waals surface area (Å²) in [5.74, 6) is -12.5. The topological polar surface area (TPSA) is 490 Å². The van der Waals surface area contributed by atoms with Gasteiger partial charge < -0.3 is 78.3 Å². The lowest BCUT2D eigenvalue weighted by atomic mass is 9.81. The molecule has 1 aliphatic heterocycles. The van der Waals surface area contributed by atoms with Crippen molar-refractivity contribution in [1.82, 2.24) is 62.1 Å². The normalized spacial score (nSPS) is 17.1. The number of aliphatic carboxylic acids is 7. The number of benzene rings is 3. The number of rotatable bonds is 43. The van der Waals surface area contributed by atoms with Crippen molar-refractivity contribution in [2.24, 2.45) is 11.8 Å². The van der Waals surface area contributed by atoms with Crippen LogP contribution in [0.5, 0.6) is 0 Å². The van der Waals surface area contributed by atoms with Crippen molar-refractivity contribution in [3.8, 4) is 0 Å². The van der Waals surface area contributed by atoms with Gasteiger partial charge in [-0.1, -0.05) is 54.6 Å². The van der Waals surface area contributed by atoms with Crippen LogP contribution in [-0.4, -0.2) is 267 Å². The highest BCUT2D eigenvalue weighted by Gasteiger charge is 2.33. The Morgan fingerprint density at radius 1 is 0.413 bits per heavy atom. The van der Waals surface area contributed by atoms with Gasteiger partial charge in [0.25, 0.3) is 0 Å². The second kappa shape index (κ2) is 45.9. The van der Waals surface area contributed by atoms with E-state index in [4.69, 9.17) is 5.11 Å². The Balaban J connectivity index is 1.21. The van der Waals surface area contributed by atoms with Crippen molar-refractivity contribution >= 4 is 117 Å². The molecule has 8 amide bonds. The number of fused-ring (bicyclic) bond motifs is 1. The molecule has 0 bridgehead atoms. The van der Waals surface area contributed by atoms with Gasteiger partial charge in [-0.2, -0.15) is 0 Å². The first kappa shape index (κ1) is 85.5. The van der Waals surface area contributed by atoms with Crippen molar-refractivity contribution in [2.45, 2.75) is 146 Å². The molecule has 2 fully saturated rings. The highest BCUT2D eigenvalue weighted by molar-refractivity contribution is 14.1. The number of unbranched alkanes of at least 4 members (excludes halogenated alkanes) is 2. The maximum Gasteiger partial charge on any atom is 0.326 e. The molecule has 2 aliphatic rings. The van der Waals surface area contributed by atoms with Gasteiger partial charge in [0.2, 0.25) is 35.4 Å². The molecule has 572 valence electrons. The molecule has 15 N–H and O–H groups in total. The standard InChI is InChI=1S/C70H99IN12O21/c71-51-22-17-45(18-23-51)8-7-13-57(84)75-53(24-26-59(86)87)67(99)76-52(11-3-5-28-72-58(85)41-80-30-32-81(42-61(90)91)34-36-83(44-63(94)95)37-35-82(33-31-80)43-62(92)93)65(97)74-40-46-14-20-49(21-15-46)64(96)77-56(39-47-16-19-48-9-1-2-10-50(48)38-47)66(98)73-29-6-4-12-54(68(100)101)78-70(104)79-55(69(102)103)25-27-60(88)89/h1-2,9-10,16-19,22-23,38,46,49,52-56H,3-8,11-15,20-21,24-37,39-44H2,(H,72,85)(H,73,98)(H,74,97)(H,75,84)(H,76,99)(H,77,96)(H,86,87)(H,88,89)(H,90,91)(H,92,93)(H,94,95)(H,100,101)(H,102,103)(H2,78,79,104)/t46?,49?,52-,53-,54-,55-,56-/m0/s1. The van der Waals surface area contributed by atoms with Crippen LogP contribution in [0.25, 0.3) is 10.8 Å². The molecule has 3 aromatic rings. The second-order valence-electron chi connectivity index (χ2n) is 26.3. The monoisotopic (exact) mass is 1570 g/mol. The molecule has 5 atom stereocenters. The van der Waals surface area contributed by atoms with Gasteiger partial charge in [0.15, 0.2) is 0 Å². The van der Waals surface area contributed by atoms with E-state index >= 15 is 0 Å². The fourth-order valence-corrected chi connectivity index (χ4v) is 12.6. The molecule has 0 radical (unpaired) electrons. The van der Waals surface area contributed by atoms with E-state index in [0.717, 1.165) is 25.5 Å². The van der Waals surface area contributed by atoms with Crippen LogP contribution in [0.4, 0.5) is 4.79 Å². The maximum absolute atomic E-state index is 14.3. The Morgan fingerprint density at radius 2 is 0.885 bits per heavy atom.